The first-order valence-electron chi connectivity index (χ1n) is 8.95. The Morgan fingerprint density at radius 1 is 1.10 bits per heavy atom. The normalized spacial score (nSPS) is 14.2. The molecular formula is C22H15FN2O4S. The van der Waals surface area contributed by atoms with Crippen molar-refractivity contribution < 1.29 is 18.8 Å². The minimum atomic E-state index is -0.527. The van der Waals surface area contributed by atoms with E-state index in [1.807, 2.05) is 30.3 Å². The summed E-state index contributed by atoms with van der Waals surface area (Å²) in [7, 11) is 0. The van der Waals surface area contributed by atoms with Crippen LogP contribution in [0.1, 0.15) is 11.1 Å². The van der Waals surface area contributed by atoms with Gasteiger partial charge in [-0.25, -0.2) is 4.39 Å². The summed E-state index contributed by atoms with van der Waals surface area (Å²) in [6.07, 6.45) is 1.53. The van der Waals surface area contributed by atoms with E-state index in [1.54, 1.807) is 6.07 Å². The first kappa shape index (κ1) is 19.7. The Morgan fingerprint density at radius 3 is 2.67 bits per heavy atom. The number of benzene rings is 3. The Balaban J connectivity index is 1.59. The van der Waals surface area contributed by atoms with Crippen LogP contribution in [0.25, 0.3) is 6.08 Å². The number of carbonyl (C=O) groups is 1. The lowest BCUT2D eigenvalue weighted by Crippen LogP contribution is -2.17. The van der Waals surface area contributed by atoms with E-state index in [0.29, 0.717) is 21.1 Å². The van der Waals surface area contributed by atoms with E-state index in [2.05, 4.69) is 5.32 Å². The lowest BCUT2D eigenvalue weighted by Gasteiger charge is -2.18. The lowest BCUT2D eigenvalue weighted by molar-refractivity contribution is -0.386. The summed E-state index contributed by atoms with van der Waals surface area (Å²) in [5, 5.41) is 14.2. The van der Waals surface area contributed by atoms with Gasteiger partial charge in [0.05, 0.1) is 15.5 Å². The Bertz CT molecular complexity index is 1170. The Labute approximate surface area is 175 Å². The molecule has 30 heavy (non-hydrogen) atoms. The van der Waals surface area contributed by atoms with Gasteiger partial charge in [0.2, 0.25) is 0 Å². The molecule has 1 aliphatic heterocycles. The zero-order valence-electron chi connectivity index (χ0n) is 15.5. The van der Waals surface area contributed by atoms with Crippen LogP contribution in [0.2, 0.25) is 0 Å². The van der Waals surface area contributed by atoms with Crippen LogP contribution in [0.15, 0.2) is 76.5 Å². The monoisotopic (exact) mass is 422 g/mol. The molecule has 1 heterocycles. The van der Waals surface area contributed by atoms with Crippen LogP contribution in [0.4, 0.5) is 15.8 Å². The smallest absolute Gasteiger partial charge is 0.311 e. The number of nitrogens with one attached hydrogen (secondary N) is 1. The highest BCUT2D eigenvalue weighted by atomic mass is 32.2. The van der Waals surface area contributed by atoms with Crippen molar-refractivity contribution in [3.8, 4) is 5.75 Å². The number of fused-ring (bicyclic) bond motifs is 1. The third-order valence-electron chi connectivity index (χ3n) is 4.35. The molecule has 0 aliphatic carbocycles. The molecule has 4 rings (SSSR count). The van der Waals surface area contributed by atoms with Gasteiger partial charge in [0, 0.05) is 11.0 Å². The van der Waals surface area contributed by atoms with Gasteiger partial charge >= 0.3 is 5.69 Å². The number of amides is 1. The maximum Gasteiger partial charge on any atom is 0.311 e. The van der Waals surface area contributed by atoms with Crippen molar-refractivity contribution in [2.45, 2.75) is 11.5 Å². The molecule has 3 aromatic rings. The molecule has 0 unspecified atom stereocenters. The maximum absolute atomic E-state index is 13.5. The van der Waals surface area contributed by atoms with Crippen molar-refractivity contribution in [2.75, 3.05) is 5.32 Å². The summed E-state index contributed by atoms with van der Waals surface area (Å²) in [6.45, 7) is 0.197. The fraction of sp³-hybridized carbons (Fsp3) is 0.0455. The van der Waals surface area contributed by atoms with E-state index in [0.717, 1.165) is 17.3 Å². The van der Waals surface area contributed by atoms with Crippen molar-refractivity contribution in [3.63, 3.8) is 0 Å². The first-order chi connectivity index (χ1) is 14.5. The third-order valence-corrected chi connectivity index (χ3v) is 5.43. The highest BCUT2D eigenvalue weighted by molar-refractivity contribution is 8.04. The van der Waals surface area contributed by atoms with Crippen LogP contribution in [0.3, 0.4) is 0 Å². The number of carbonyl (C=O) groups excluding carboxylic acids is 1. The quantitative estimate of drug-likeness (QED) is 0.338. The van der Waals surface area contributed by atoms with Crippen molar-refractivity contribution in [1.29, 1.82) is 0 Å². The predicted molar refractivity (Wildman–Crippen MR) is 113 cm³/mol. The zero-order valence-corrected chi connectivity index (χ0v) is 16.3. The molecule has 0 radical (unpaired) electrons. The average Bonchev–Trinajstić information content (AvgIpc) is 2.74. The van der Waals surface area contributed by atoms with Crippen LogP contribution < -0.4 is 10.1 Å². The van der Waals surface area contributed by atoms with E-state index >= 15 is 0 Å². The predicted octanol–water partition coefficient (Wildman–Crippen LogP) is 5.40. The molecule has 0 atom stereocenters. The second-order valence-electron chi connectivity index (χ2n) is 6.46. The average molecular weight is 422 g/mol. The van der Waals surface area contributed by atoms with Crippen LogP contribution in [0, 0.1) is 15.9 Å². The van der Waals surface area contributed by atoms with E-state index in [1.165, 1.54) is 36.4 Å². The molecule has 1 N–H and O–H groups in total. The van der Waals surface area contributed by atoms with Crippen molar-refractivity contribution in [1.82, 2.24) is 0 Å². The summed E-state index contributed by atoms with van der Waals surface area (Å²) in [6, 6.07) is 17.9. The molecule has 0 spiro atoms. The number of thioether (sulfide) groups is 1. The fourth-order valence-corrected chi connectivity index (χ4v) is 3.88. The third kappa shape index (κ3) is 4.33. The largest absolute Gasteiger partial charge is 0.482 e. The van der Waals surface area contributed by atoms with Gasteiger partial charge in [-0.15, -0.1) is 0 Å². The number of halogens is 1. The van der Waals surface area contributed by atoms with E-state index in [9.17, 15) is 19.3 Å². The van der Waals surface area contributed by atoms with E-state index in [-0.39, 0.29) is 24.0 Å². The SMILES string of the molecule is O=C1Nc2ccc(F)cc2S/C1=C\c1ccc(OCc2ccccc2)c([N+](=O)[O-])c1. The van der Waals surface area contributed by atoms with Crippen molar-refractivity contribution in [3.05, 3.63) is 98.7 Å². The number of anilines is 1. The molecule has 0 fully saturated rings. The molecule has 8 heteroatoms. The molecule has 0 aromatic heterocycles. The van der Waals surface area contributed by atoms with Crippen LogP contribution in [0.5, 0.6) is 5.75 Å². The first-order valence-corrected chi connectivity index (χ1v) is 9.77. The Morgan fingerprint density at radius 2 is 1.90 bits per heavy atom. The van der Waals surface area contributed by atoms with E-state index < -0.39 is 10.7 Å². The highest BCUT2D eigenvalue weighted by Crippen LogP contribution is 2.39. The molecule has 0 saturated carbocycles. The van der Waals surface area contributed by atoms with Crippen LogP contribution in [-0.2, 0) is 11.4 Å². The number of hydrogen-bond donors (Lipinski definition) is 1. The molecule has 150 valence electrons. The van der Waals surface area contributed by atoms with Crippen molar-refractivity contribution >= 4 is 35.1 Å². The van der Waals surface area contributed by atoms with Gasteiger partial charge < -0.3 is 10.1 Å². The van der Waals surface area contributed by atoms with Gasteiger partial charge in [-0.3, -0.25) is 14.9 Å². The molecule has 3 aromatic carbocycles. The second-order valence-corrected chi connectivity index (χ2v) is 7.55. The molecule has 1 amide bonds. The molecule has 6 nitrogen and oxygen atoms in total. The summed E-state index contributed by atoms with van der Waals surface area (Å²) in [5.41, 5.74) is 1.68. The summed E-state index contributed by atoms with van der Waals surface area (Å²) in [5.74, 6) is -0.627. The van der Waals surface area contributed by atoms with Gasteiger partial charge in [0.25, 0.3) is 5.91 Å². The number of hydrogen-bond acceptors (Lipinski definition) is 5. The minimum Gasteiger partial charge on any atom is -0.482 e. The molecular weight excluding hydrogens is 407 g/mol. The topological polar surface area (TPSA) is 81.5 Å². The van der Waals surface area contributed by atoms with Gasteiger partial charge in [-0.05, 0) is 41.5 Å². The zero-order chi connectivity index (χ0) is 21.1. The number of rotatable bonds is 5. The van der Waals surface area contributed by atoms with Gasteiger partial charge in [0.1, 0.15) is 12.4 Å². The summed E-state index contributed by atoms with van der Waals surface area (Å²) in [4.78, 5) is 24.2. The minimum absolute atomic E-state index is 0.138. The van der Waals surface area contributed by atoms with Gasteiger partial charge in [-0.1, -0.05) is 48.2 Å². The number of ether oxygens (including phenoxy) is 1. The molecule has 0 saturated heterocycles. The van der Waals surface area contributed by atoms with Gasteiger partial charge in [0.15, 0.2) is 5.75 Å². The highest BCUT2D eigenvalue weighted by Gasteiger charge is 2.22. The van der Waals surface area contributed by atoms with E-state index in [4.69, 9.17) is 4.74 Å². The number of nitro groups is 1. The van der Waals surface area contributed by atoms with Crippen molar-refractivity contribution in [2.24, 2.45) is 0 Å². The Hall–Kier alpha value is -3.65. The standard InChI is InChI=1S/C22H15FN2O4S/c23-16-7-8-17-20(12-16)30-21(22(26)24-17)11-15-6-9-19(18(10-15)25(27)28)29-13-14-4-2-1-3-5-14/h1-12H,13H2,(H,24,26)/b21-11-. The molecule has 1 aliphatic rings. The summed E-state index contributed by atoms with van der Waals surface area (Å²) < 4.78 is 19.1. The summed E-state index contributed by atoms with van der Waals surface area (Å²) >= 11 is 1.11. The Kier molecular flexibility index (Phi) is 5.49. The number of nitro benzene ring substituents is 1. The van der Waals surface area contributed by atoms with Crippen LogP contribution >= 0.6 is 11.8 Å². The maximum atomic E-state index is 13.5. The van der Waals surface area contributed by atoms with Gasteiger partial charge in [-0.2, -0.15) is 0 Å². The lowest BCUT2D eigenvalue weighted by atomic mass is 10.1. The van der Waals surface area contributed by atoms with Crippen LogP contribution in [-0.4, -0.2) is 10.8 Å². The second kappa shape index (κ2) is 8.38. The molecule has 0 bridgehead atoms. The fourth-order valence-electron chi connectivity index (χ4n) is 2.90. The number of nitrogens with zero attached hydrogens (tertiary/aromatic N) is 1.